The second-order valence-corrected chi connectivity index (χ2v) is 7.15. The van der Waals surface area contributed by atoms with Crippen molar-refractivity contribution in [1.82, 2.24) is 10.0 Å². The van der Waals surface area contributed by atoms with Gasteiger partial charge in [0.2, 0.25) is 10.0 Å². The normalized spacial score (nSPS) is 24.4. The molecule has 1 aliphatic heterocycles. The topological polar surface area (TPSA) is 58.2 Å². The van der Waals surface area contributed by atoms with Gasteiger partial charge in [0.05, 0.1) is 4.90 Å². The minimum absolute atomic E-state index is 0.0142. The maximum absolute atomic E-state index is 12.4. The number of benzene rings is 1. The third-order valence-electron chi connectivity index (χ3n) is 3.45. The fourth-order valence-electron chi connectivity index (χ4n) is 2.40. The van der Waals surface area contributed by atoms with Crippen LogP contribution in [-0.4, -0.2) is 27.0 Å². The molecule has 0 saturated carbocycles. The lowest BCUT2D eigenvalue weighted by atomic mass is 10.0. The highest BCUT2D eigenvalue weighted by Gasteiger charge is 2.25. The van der Waals surface area contributed by atoms with E-state index in [9.17, 15) is 8.42 Å². The number of hydrogen-bond acceptors (Lipinski definition) is 3. The Morgan fingerprint density at radius 1 is 1.42 bits per heavy atom. The van der Waals surface area contributed by atoms with Crippen LogP contribution in [0.2, 0.25) is 5.02 Å². The summed E-state index contributed by atoms with van der Waals surface area (Å²) in [5, 5.41) is 3.78. The van der Waals surface area contributed by atoms with E-state index >= 15 is 0 Å². The molecule has 6 heteroatoms. The van der Waals surface area contributed by atoms with E-state index in [4.69, 9.17) is 11.6 Å². The average molecular weight is 303 g/mol. The van der Waals surface area contributed by atoms with Gasteiger partial charge in [-0.1, -0.05) is 17.7 Å². The summed E-state index contributed by atoms with van der Waals surface area (Å²) in [5.74, 6) is 0. The lowest BCUT2D eigenvalue weighted by Gasteiger charge is -2.28. The number of halogens is 1. The molecule has 1 fully saturated rings. The van der Waals surface area contributed by atoms with Crippen LogP contribution < -0.4 is 10.0 Å². The van der Waals surface area contributed by atoms with Gasteiger partial charge >= 0.3 is 0 Å². The Balaban J connectivity index is 2.20. The van der Waals surface area contributed by atoms with Gasteiger partial charge in [-0.3, -0.25) is 0 Å². The molecule has 0 spiro atoms. The van der Waals surface area contributed by atoms with Crippen molar-refractivity contribution in [3.63, 3.8) is 0 Å². The highest BCUT2D eigenvalue weighted by Crippen LogP contribution is 2.23. The molecule has 1 aromatic rings. The van der Waals surface area contributed by atoms with E-state index < -0.39 is 10.0 Å². The van der Waals surface area contributed by atoms with E-state index in [0.29, 0.717) is 16.6 Å². The van der Waals surface area contributed by atoms with Crippen LogP contribution >= 0.6 is 11.6 Å². The molecule has 0 radical (unpaired) electrons. The zero-order valence-corrected chi connectivity index (χ0v) is 12.7. The van der Waals surface area contributed by atoms with Crippen molar-refractivity contribution in [2.75, 3.05) is 6.54 Å². The van der Waals surface area contributed by atoms with Crippen LogP contribution in [0.15, 0.2) is 23.1 Å². The number of hydrogen-bond donors (Lipinski definition) is 2. The smallest absolute Gasteiger partial charge is 0.241 e. The maximum atomic E-state index is 12.4. The lowest BCUT2D eigenvalue weighted by Crippen LogP contribution is -2.46. The molecule has 0 bridgehead atoms. The van der Waals surface area contributed by atoms with Crippen molar-refractivity contribution in [2.45, 2.75) is 43.7 Å². The molecule has 2 N–H and O–H groups in total. The molecule has 1 aromatic carbocycles. The van der Waals surface area contributed by atoms with E-state index in [1.54, 1.807) is 25.1 Å². The van der Waals surface area contributed by atoms with Crippen LogP contribution in [0.3, 0.4) is 0 Å². The van der Waals surface area contributed by atoms with Crippen molar-refractivity contribution in [2.24, 2.45) is 0 Å². The standard InChI is InChI=1S/C13H19ClN2O2S/c1-9-8-11(6-7-15-9)16-19(17,18)13-5-3-4-12(14)10(13)2/h3-5,9,11,15-16H,6-8H2,1-2H3. The van der Waals surface area contributed by atoms with Crippen molar-refractivity contribution < 1.29 is 8.42 Å². The van der Waals surface area contributed by atoms with Crippen LogP contribution in [0.1, 0.15) is 25.3 Å². The molecular formula is C13H19ClN2O2S. The molecule has 106 valence electrons. The number of sulfonamides is 1. The maximum Gasteiger partial charge on any atom is 0.241 e. The number of rotatable bonds is 3. The van der Waals surface area contributed by atoms with E-state index in [0.717, 1.165) is 19.4 Å². The minimum atomic E-state index is -3.50. The zero-order valence-electron chi connectivity index (χ0n) is 11.1. The predicted octanol–water partition coefficient (Wildman–Crippen LogP) is 2.07. The van der Waals surface area contributed by atoms with Gasteiger partial charge in [-0.25, -0.2) is 13.1 Å². The van der Waals surface area contributed by atoms with Gasteiger partial charge < -0.3 is 5.32 Å². The largest absolute Gasteiger partial charge is 0.314 e. The molecular weight excluding hydrogens is 284 g/mol. The van der Waals surface area contributed by atoms with Gasteiger partial charge in [-0.15, -0.1) is 0 Å². The van der Waals surface area contributed by atoms with Crippen molar-refractivity contribution in [3.05, 3.63) is 28.8 Å². The predicted molar refractivity (Wildman–Crippen MR) is 77.0 cm³/mol. The Morgan fingerprint density at radius 2 is 2.16 bits per heavy atom. The SMILES string of the molecule is Cc1c(Cl)cccc1S(=O)(=O)NC1CCNC(C)C1. The van der Waals surface area contributed by atoms with Gasteiger partial charge in [0, 0.05) is 17.1 Å². The number of nitrogens with one attached hydrogen (secondary N) is 2. The highest BCUT2D eigenvalue weighted by atomic mass is 35.5. The molecule has 1 saturated heterocycles. The molecule has 2 atom stereocenters. The third-order valence-corrected chi connectivity index (χ3v) is 5.53. The van der Waals surface area contributed by atoms with Crippen LogP contribution in [0.4, 0.5) is 0 Å². The Bertz CT molecular complexity index is 560. The first-order valence-corrected chi connectivity index (χ1v) is 8.27. The lowest BCUT2D eigenvalue weighted by molar-refractivity contribution is 0.361. The van der Waals surface area contributed by atoms with Gasteiger partial charge in [0.15, 0.2) is 0 Å². The Labute approximate surface area is 119 Å². The Hall–Kier alpha value is -0.620. The summed E-state index contributed by atoms with van der Waals surface area (Å²) in [6.45, 7) is 4.62. The van der Waals surface area contributed by atoms with Crippen LogP contribution in [0.25, 0.3) is 0 Å². The monoisotopic (exact) mass is 302 g/mol. The van der Waals surface area contributed by atoms with E-state index in [1.165, 1.54) is 0 Å². The van der Waals surface area contributed by atoms with Gasteiger partial charge in [0.1, 0.15) is 0 Å². The molecule has 2 unspecified atom stereocenters. The van der Waals surface area contributed by atoms with Gasteiger partial charge in [0.25, 0.3) is 0 Å². The summed E-state index contributed by atoms with van der Waals surface area (Å²) in [4.78, 5) is 0.270. The molecule has 0 aromatic heterocycles. The first kappa shape index (κ1) is 14.8. The van der Waals surface area contributed by atoms with Crippen molar-refractivity contribution in [1.29, 1.82) is 0 Å². The third kappa shape index (κ3) is 3.48. The molecule has 1 heterocycles. The molecule has 1 aliphatic rings. The summed E-state index contributed by atoms with van der Waals surface area (Å²) in [7, 11) is -3.50. The summed E-state index contributed by atoms with van der Waals surface area (Å²) in [6, 6.07) is 5.27. The molecule has 0 amide bonds. The van der Waals surface area contributed by atoms with Crippen LogP contribution in [0, 0.1) is 6.92 Å². The first-order chi connectivity index (χ1) is 8.90. The highest BCUT2D eigenvalue weighted by molar-refractivity contribution is 7.89. The second-order valence-electron chi connectivity index (χ2n) is 5.06. The quantitative estimate of drug-likeness (QED) is 0.898. The summed E-state index contributed by atoms with van der Waals surface area (Å²) >= 11 is 5.98. The Morgan fingerprint density at radius 3 is 2.84 bits per heavy atom. The summed E-state index contributed by atoms with van der Waals surface area (Å²) in [6.07, 6.45) is 1.61. The zero-order chi connectivity index (χ0) is 14.0. The summed E-state index contributed by atoms with van der Waals surface area (Å²) < 4.78 is 27.6. The van der Waals surface area contributed by atoms with E-state index in [2.05, 4.69) is 17.0 Å². The van der Waals surface area contributed by atoms with E-state index in [1.807, 2.05) is 0 Å². The van der Waals surface area contributed by atoms with Crippen molar-refractivity contribution >= 4 is 21.6 Å². The summed E-state index contributed by atoms with van der Waals surface area (Å²) in [5.41, 5.74) is 0.596. The molecule has 2 rings (SSSR count). The van der Waals surface area contributed by atoms with Crippen LogP contribution in [0.5, 0.6) is 0 Å². The average Bonchev–Trinajstić information content (AvgIpc) is 2.32. The Kier molecular flexibility index (Phi) is 4.50. The number of piperidine rings is 1. The molecule has 4 nitrogen and oxygen atoms in total. The van der Waals surface area contributed by atoms with Gasteiger partial charge in [-0.2, -0.15) is 0 Å². The van der Waals surface area contributed by atoms with Crippen LogP contribution in [-0.2, 0) is 10.0 Å². The molecule has 0 aliphatic carbocycles. The first-order valence-electron chi connectivity index (χ1n) is 6.41. The second kappa shape index (κ2) is 5.79. The van der Waals surface area contributed by atoms with Crippen molar-refractivity contribution in [3.8, 4) is 0 Å². The molecule has 19 heavy (non-hydrogen) atoms. The minimum Gasteiger partial charge on any atom is -0.314 e. The fraction of sp³-hybridized carbons (Fsp3) is 0.538. The van der Waals surface area contributed by atoms with E-state index in [-0.39, 0.29) is 10.9 Å². The van der Waals surface area contributed by atoms with Gasteiger partial charge in [-0.05, 0) is 50.9 Å². The fourth-order valence-corrected chi connectivity index (χ4v) is 4.18.